The number of hydrogen-bond acceptors (Lipinski definition) is 3. The molecule has 94 valence electrons. The third kappa shape index (κ3) is 3.00. The fourth-order valence-electron chi connectivity index (χ4n) is 1.50. The topological polar surface area (TPSA) is 64.3 Å². The molecule has 18 heavy (non-hydrogen) atoms. The first-order chi connectivity index (χ1) is 8.56. The smallest absolute Gasteiger partial charge is 0.339 e. The van der Waals surface area contributed by atoms with Crippen LogP contribution >= 0.6 is 22.6 Å². The van der Waals surface area contributed by atoms with Gasteiger partial charge in [-0.05, 0) is 40.8 Å². The van der Waals surface area contributed by atoms with Crippen molar-refractivity contribution in [1.29, 1.82) is 0 Å². The van der Waals surface area contributed by atoms with Gasteiger partial charge in [0.25, 0.3) is 0 Å². The largest absolute Gasteiger partial charge is 0.488 e. The highest BCUT2D eigenvalue weighted by atomic mass is 127. The molecular weight excluding hydrogens is 347 g/mol. The van der Waals surface area contributed by atoms with Gasteiger partial charge >= 0.3 is 5.97 Å². The second-order valence-electron chi connectivity index (χ2n) is 3.76. The number of halogens is 1. The molecule has 0 unspecified atom stereocenters. The first kappa shape index (κ1) is 12.9. The van der Waals surface area contributed by atoms with Crippen molar-refractivity contribution in [3.63, 3.8) is 0 Å². The summed E-state index contributed by atoms with van der Waals surface area (Å²) in [5, 5.41) is 13.1. The Morgan fingerprint density at radius 1 is 1.56 bits per heavy atom. The van der Waals surface area contributed by atoms with Gasteiger partial charge < -0.3 is 9.84 Å². The molecule has 2 aromatic rings. The van der Waals surface area contributed by atoms with Gasteiger partial charge in [0.05, 0.1) is 6.20 Å². The molecular formula is C12H11IN2O3. The summed E-state index contributed by atoms with van der Waals surface area (Å²) in [6.45, 7) is 0.300. The summed E-state index contributed by atoms with van der Waals surface area (Å²) in [5.41, 5.74) is 1.07. The van der Waals surface area contributed by atoms with Gasteiger partial charge in [-0.3, -0.25) is 4.68 Å². The summed E-state index contributed by atoms with van der Waals surface area (Å²) >= 11 is 2.07. The van der Waals surface area contributed by atoms with Crippen molar-refractivity contribution in [2.75, 3.05) is 0 Å². The summed E-state index contributed by atoms with van der Waals surface area (Å²) in [4.78, 5) is 11.1. The van der Waals surface area contributed by atoms with E-state index in [0.29, 0.717) is 12.4 Å². The Morgan fingerprint density at radius 3 is 2.94 bits per heavy atom. The van der Waals surface area contributed by atoms with Gasteiger partial charge in [-0.1, -0.05) is 0 Å². The number of hydrogen-bond donors (Lipinski definition) is 1. The van der Waals surface area contributed by atoms with Crippen molar-refractivity contribution in [2.24, 2.45) is 7.05 Å². The minimum absolute atomic E-state index is 0.172. The Morgan fingerprint density at radius 2 is 2.33 bits per heavy atom. The Kier molecular flexibility index (Phi) is 3.85. The van der Waals surface area contributed by atoms with E-state index in [2.05, 4.69) is 27.7 Å². The third-order valence-corrected chi connectivity index (χ3v) is 3.00. The predicted molar refractivity (Wildman–Crippen MR) is 73.7 cm³/mol. The van der Waals surface area contributed by atoms with Crippen LogP contribution in [0.4, 0.5) is 0 Å². The number of rotatable bonds is 4. The first-order valence-electron chi connectivity index (χ1n) is 5.19. The van der Waals surface area contributed by atoms with Crippen LogP contribution in [0.5, 0.6) is 5.75 Å². The SMILES string of the molecule is Cn1cc(COc2ccc(I)cc2C(=O)O)cn1. The van der Waals surface area contributed by atoms with E-state index < -0.39 is 5.97 Å². The van der Waals surface area contributed by atoms with E-state index in [1.165, 1.54) is 0 Å². The van der Waals surface area contributed by atoms with Crippen molar-refractivity contribution in [3.05, 3.63) is 45.3 Å². The van der Waals surface area contributed by atoms with Gasteiger partial charge in [-0.25, -0.2) is 4.79 Å². The van der Waals surface area contributed by atoms with E-state index in [-0.39, 0.29) is 5.56 Å². The van der Waals surface area contributed by atoms with Gasteiger partial charge in [-0.15, -0.1) is 0 Å². The van der Waals surface area contributed by atoms with Crippen LogP contribution in [0.25, 0.3) is 0 Å². The zero-order valence-electron chi connectivity index (χ0n) is 9.63. The van der Waals surface area contributed by atoms with Crippen molar-refractivity contribution in [3.8, 4) is 5.75 Å². The number of carbonyl (C=O) groups is 1. The van der Waals surface area contributed by atoms with Crippen molar-refractivity contribution >= 4 is 28.6 Å². The summed E-state index contributed by atoms with van der Waals surface area (Å²) in [7, 11) is 1.82. The molecule has 0 fully saturated rings. The standard InChI is InChI=1S/C12H11IN2O3/c1-15-6-8(5-14-15)7-18-11-3-2-9(13)4-10(11)12(16)17/h2-6H,7H2,1H3,(H,16,17). The maximum Gasteiger partial charge on any atom is 0.339 e. The molecule has 6 heteroatoms. The number of carboxylic acids is 1. The van der Waals surface area contributed by atoms with Gasteiger partial charge in [-0.2, -0.15) is 5.10 Å². The van der Waals surface area contributed by atoms with Crippen LogP contribution in [-0.4, -0.2) is 20.9 Å². The highest BCUT2D eigenvalue weighted by Gasteiger charge is 2.12. The fourth-order valence-corrected chi connectivity index (χ4v) is 1.99. The van der Waals surface area contributed by atoms with Gasteiger partial charge in [0, 0.05) is 22.4 Å². The quantitative estimate of drug-likeness (QED) is 0.852. The van der Waals surface area contributed by atoms with Crippen LogP contribution < -0.4 is 4.74 Å². The lowest BCUT2D eigenvalue weighted by Gasteiger charge is -2.08. The number of nitrogens with zero attached hydrogens (tertiary/aromatic N) is 2. The molecule has 5 nitrogen and oxygen atoms in total. The van der Waals surface area contributed by atoms with Crippen LogP contribution in [-0.2, 0) is 13.7 Å². The van der Waals surface area contributed by atoms with Gasteiger partial charge in [0.15, 0.2) is 0 Å². The molecule has 1 aromatic heterocycles. The van der Waals surface area contributed by atoms with E-state index in [1.807, 2.05) is 19.3 Å². The first-order valence-corrected chi connectivity index (χ1v) is 6.27. The number of aromatic carboxylic acids is 1. The van der Waals surface area contributed by atoms with E-state index in [4.69, 9.17) is 9.84 Å². The van der Waals surface area contributed by atoms with Gasteiger partial charge in [0.1, 0.15) is 17.9 Å². The molecule has 1 N–H and O–H groups in total. The van der Waals surface area contributed by atoms with Crippen molar-refractivity contribution in [2.45, 2.75) is 6.61 Å². The van der Waals surface area contributed by atoms with E-state index in [0.717, 1.165) is 9.13 Å². The Labute approximate surface area is 118 Å². The van der Waals surface area contributed by atoms with Crippen molar-refractivity contribution in [1.82, 2.24) is 9.78 Å². The molecule has 0 aliphatic rings. The second-order valence-corrected chi connectivity index (χ2v) is 5.00. The number of benzene rings is 1. The average Bonchev–Trinajstić information content (AvgIpc) is 2.73. The van der Waals surface area contributed by atoms with Gasteiger partial charge in [0.2, 0.25) is 0 Å². The summed E-state index contributed by atoms with van der Waals surface area (Å²) in [5.74, 6) is -0.624. The van der Waals surface area contributed by atoms with Crippen LogP contribution in [0, 0.1) is 3.57 Å². The zero-order valence-corrected chi connectivity index (χ0v) is 11.8. The molecule has 2 rings (SSSR count). The Hall–Kier alpha value is -1.57. The number of aryl methyl sites for hydroxylation is 1. The molecule has 0 radical (unpaired) electrons. The van der Waals surface area contributed by atoms with Crippen LogP contribution in [0.15, 0.2) is 30.6 Å². The highest BCUT2D eigenvalue weighted by Crippen LogP contribution is 2.22. The minimum Gasteiger partial charge on any atom is -0.488 e. The monoisotopic (exact) mass is 358 g/mol. The second kappa shape index (κ2) is 5.38. The molecule has 1 aromatic carbocycles. The van der Waals surface area contributed by atoms with Crippen LogP contribution in [0.2, 0.25) is 0 Å². The minimum atomic E-state index is -0.991. The predicted octanol–water partition coefficient (Wildman–Crippen LogP) is 2.30. The fraction of sp³-hybridized carbons (Fsp3) is 0.167. The molecule has 0 saturated carbocycles. The molecule has 0 aliphatic heterocycles. The summed E-state index contributed by atoms with van der Waals surface area (Å²) in [6.07, 6.45) is 3.51. The van der Waals surface area contributed by atoms with Crippen molar-refractivity contribution < 1.29 is 14.6 Å². The number of carboxylic acid groups (broad SMARTS) is 1. The molecule has 0 saturated heterocycles. The van der Waals surface area contributed by atoms with Crippen LogP contribution in [0.1, 0.15) is 15.9 Å². The molecule has 0 amide bonds. The van der Waals surface area contributed by atoms with E-state index >= 15 is 0 Å². The molecule has 0 bridgehead atoms. The summed E-state index contributed by atoms with van der Waals surface area (Å²) in [6, 6.07) is 5.06. The summed E-state index contributed by atoms with van der Waals surface area (Å²) < 4.78 is 8.05. The maximum absolute atomic E-state index is 11.1. The maximum atomic E-state index is 11.1. The Bertz CT molecular complexity index is 580. The molecule has 1 heterocycles. The number of ether oxygens (including phenoxy) is 1. The lowest BCUT2D eigenvalue weighted by molar-refractivity contribution is 0.0691. The molecule has 0 spiro atoms. The lowest BCUT2D eigenvalue weighted by Crippen LogP contribution is -2.03. The van der Waals surface area contributed by atoms with E-state index in [9.17, 15) is 4.79 Å². The molecule has 0 atom stereocenters. The van der Waals surface area contributed by atoms with Crippen LogP contribution in [0.3, 0.4) is 0 Å². The number of aromatic nitrogens is 2. The normalized spacial score (nSPS) is 10.3. The van der Waals surface area contributed by atoms with E-state index in [1.54, 1.807) is 23.0 Å². The molecule has 0 aliphatic carbocycles. The highest BCUT2D eigenvalue weighted by molar-refractivity contribution is 14.1. The zero-order chi connectivity index (χ0) is 13.1. The lowest BCUT2D eigenvalue weighted by atomic mass is 10.2. The third-order valence-electron chi connectivity index (χ3n) is 2.32. The Balaban J connectivity index is 2.16. The average molecular weight is 358 g/mol.